The molecule has 2 aromatic carbocycles. The molecule has 11 heteroatoms. The van der Waals surface area contributed by atoms with Crippen molar-refractivity contribution in [3.8, 4) is 5.75 Å². The summed E-state index contributed by atoms with van der Waals surface area (Å²) in [5.74, 6) is 0.427. The van der Waals surface area contributed by atoms with E-state index in [0.717, 1.165) is 19.1 Å². The molecule has 0 saturated carbocycles. The smallest absolute Gasteiger partial charge is 0.416 e. The Morgan fingerprint density at radius 3 is 2.38 bits per heavy atom. The van der Waals surface area contributed by atoms with Crippen molar-refractivity contribution in [3.05, 3.63) is 59.8 Å². The second-order valence-corrected chi connectivity index (χ2v) is 7.06. The molecule has 32 heavy (non-hydrogen) atoms. The standard InChI is InChI=1S/C21H19F6N3O2/c1-12(20(22,23)24)29-19(31)30-18-11-28-17-7-6-15(10-16(17)18)32-9-8-13-2-4-14(5-3-13)21(25,26)27/h2-7,10-12,28H,8-9H2,1H3,(H2,29,30,31)/t12-/m1/s1. The summed E-state index contributed by atoms with van der Waals surface area (Å²) in [5, 5.41) is 4.70. The van der Waals surface area contributed by atoms with Crippen molar-refractivity contribution in [1.82, 2.24) is 10.3 Å². The molecular weight excluding hydrogens is 440 g/mol. The normalized spacial score (nSPS) is 13.1. The molecule has 0 fully saturated rings. The summed E-state index contributed by atoms with van der Waals surface area (Å²) in [4.78, 5) is 14.8. The van der Waals surface area contributed by atoms with Crippen LogP contribution in [0.4, 0.5) is 36.8 Å². The fraction of sp³-hybridized carbons (Fsp3) is 0.286. The second kappa shape index (κ2) is 9.01. The Balaban J connectivity index is 1.61. The summed E-state index contributed by atoms with van der Waals surface area (Å²) in [5.41, 5.74) is 0.826. The molecule has 0 aliphatic carbocycles. The number of H-pyrrole nitrogens is 1. The maximum Gasteiger partial charge on any atom is 0.416 e. The molecule has 0 spiro atoms. The number of urea groups is 1. The van der Waals surface area contributed by atoms with E-state index in [1.54, 1.807) is 18.2 Å². The number of alkyl halides is 6. The number of rotatable bonds is 6. The van der Waals surface area contributed by atoms with E-state index in [9.17, 15) is 31.1 Å². The van der Waals surface area contributed by atoms with Gasteiger partial charge >= 0.3 is 18.4 Å². The first kappa shape index (κ1) is 23.3. The molecule has 1 atom stereocenters. The first-order valence-electron chi connectivity index (χ1n) is 9.48. The Morgan fingerprint density at radius 2 is 1.75 bits per heavy atom. The van der Waals surface area contributed by atoms with Crippen LogP contribution in [0.1, 0.15) is 18.1 Å². The molecule has 3 rings (SSSR count). The molecule has 1 aromatic heterocycles. The van der Waals surface area contributed by atoms with Gasteiger partial charge in [0.2, 0.25) is 0 Å². The molecule has 172 valence electrons. The molecule has 5 nitrogen and oxygen atoms in total. The lowest BCUT2D eigenvalue weighted by atomic mass is 10.1. The fourth-order valence-electron chi connectivity index (χ4n) is 2.88. The van der Waals surface area contributed by atoms with E-state index in [1.165, 1.54) is 18.3 Å². The average molecular weight is 459 g/mol. The average Bonchev–Trinajstić information content (AvgIpc) is 3.09. The zero-order chi connectivity index (χ0) is 23.5. The minimum atomic E-state index is -4.56. The molecular formula is C21H19F6N3O2. The highest BCUT2D eigenvalue weighted by atomic mass is 19.4. The van der Waals surface area contributed by atoms with Crippen molar-refractivity contribution in [2.24, 2.45) is 0 Å². The summed E-state index contributed by atoms with van der Waals surface area (Å²) >= 11 is 0. The van der Waals surface area contributed by atoms with Crippen molar-refractivity contribution in [2.45, 2.75) is 31.7 Å². The fourth-order valence-corrected chi connectivity index (χ4v) is 2.88. The van der Waals surface area contributed by atoms with Gasteiger partial charge in [-0.1, -0.05) is 12.1 Å². The quantitative estimate of drug-likeness (QED) is 0.403. The van der Waals surface area contributed by atoms with Gasteiger partial charge in [0.15, 0.2) is 0 Å². The van der Waals surface area contributed by atoms with Gasteiger partial charge in [-0.05, 0) is 42.8 Å². The van der Waals surface area contributed by atoms with Crippen LogP contribution in [0.15, 0.2) is 48.7 Å². The van der Waals surface area contributed by atoms with E-state index in [-0.39, 0.29) is 12.3 Å². The Bertz CT molecular complexity index is 1070. The number of anilines is 1. The first-order valence-corrected chi connectivity index (χ1v) is 9.48. The molecule has 0 aliphatic heterocycles. The lowest BCUT2D eigenvalue weighted by molar-refractivity contribution is -0.148. The number of benzene rings is 2. The van der Waals surface area contributed by atoms with Crippen molar-refractivity contribution < 1.29 is 35.9 Å². The van der Waals surface area contributed by atoms with Gasteiger partial charge < -0.3 is 20.4 Å². The van der Waals surface area contributed by atoms with Gasteiger partial charge in [0.05, 0.1) is 17.9 Å². The van der Waals surface area contributed by atoms with Crippen molar-refractivity contribution in [3.63, 3.8) is 0 Å². The minimum Gasteiger partial charge on any atom is -0.493 e. The Hall–Kier alpha value is -3.37. The number of amides is 2. The predicted octanol–water partition coefficient (Wildman–Crippen LogP) is 5.88. The lowest BCUT2D eigenvalue weighted by Gasteiger charge is -2.17. The van der Waals surface area contributed by atoms with Gasteiger partial charge in [0.25, 0.3) is 0 Å². The number of carbonyl (C=O) groups excluding carboxylic acids is 1. The van der Waals surface area contributed by atoms with Crippen LogP contribution < -0.4 is 15.4 Å². The Labute approximate surface area is 178 Å². The molecule has 0 radical (unpaired) electrons. The van der Waals surface area contributed by atoms with E-state index < -0.39 is 30.0 Å². The molecule has 3 aromatic rings. The van der Waals surface area contributed by atoms with Crippen LogP contribution in [0, 0.1) is 0 Å². The van der Waals surface area contributed by atoms with Gasteiger partial charge in [0.1, 0.15) is 11.8 Å². The van der Waals surface area contributed by atoms with Gasteiger partial charge in [-0.2, -0.15) is 26.3 Å². The molecule has 3 N–H and O–H groups in total. The van der Waals surface area contributed by atoms with Crippen LogP contribution in [-0.2, 0) is 12.6 Å². The van der Waals surface area contributed by atoms with Crippen LogP contribution in [-0.4, -0.2) is 29.8 Å². The SMILES string of the molecule is C[C@@H](NC(=O)Nc1c[nH]c2ccc(OCCc3ccc(C(F)(F)F)cc3)cc12)C(F)(F)F. The maximum atomic E-state index is 12.6. The number of carbonyl (C=O) groups is 1. The summed E-state index contributed by atoms with van der Waals surface area (Å²) in [6, 6.07) is 6.66. The minimum absolute atomic E-state index is 0.188. The molecule has 0 unspecified atom stereocenters. The summed E-state index contributed by atoms with van der Waals surface area (Å²) < 4.78 is 81.3. The van der Waals surface area contributed by atoms with Gasteiger partial charge in [0, 0.05) is 23.5 Å². The molecule has 2 amide bonds. The number of halogens is 6. The van der Waals surface area contributed by atoms with Crippen LogP contribution in [0.2, 0.25) is 0 Å². The molecule has 0 bridgehead atoms. The number of aromatic nitrogens is 1. The number of aromatic amines is 1. The van der Waals surface area contributed by atoms with Crippen molar-refractivity contribution in [1.29, 1.82) is 0 Å². The first-order chi connectivity index (χ1) is 14.9. The van der Waals surface area contributed by atoms with Crippen LogP contribution >= 0.6 is 0 Å². The summed E-state index contributed by atoms with van der Waals surface area (Å²) in [7, 11) is 0. The number of ether oxygens (including phenoxy) is 1. The van der Waals surface area contributed by atoms with Gasteiger partial charge in [-0.25, -0.2) is 4.79 Å². The van der Waals surface area contributed by atoms with Gasteiger partial charge in [-0.3, -0.25) is 0 Å². The maximum absolute atomic E-state index is 12.6. The number of hydrogen-bond donors (Lipinski definition) is 3. The van der Waals surface area contributed by atoms with Crippen LogP contribution in [0.25, 0.3) is 10.9 Å². The Kier molecular flexibility index (Phi) is 6.56. The zero-order valence-electron chi connectivity index (χ0n) is 16.7. The number of nitrogens with one attached hydrogen (secondary N) is 3. The van der Waals surface area contributed by atoms with E-state index in [4.69, 9.17) is 4.74 Å². The Morgan fingerprint density at radius 1 is 1.06 bits per heavy atom. The highest BCUT2D eigenvalue weighted by Gasteiger charge is 2.37. The predicted molar refractivity (Wildman–Crippen MR) is 107 cm³/mol. The third kappa shape index (κ3) is 5.86. The molecule has 0 aliphatic rings. The highest BCUT2D eigenvalue weighted by Crippen LogP contribution is 2.30. The monoisotopic (exact) mass is 459 g/mol. The van der Waals surface area contributed by atoms with E-state index in [0.29, 0.717) is 28.6 Å². The molecule has 0 saturated heterocycles. The van der Waals surface area contributed by atoms with Crippen LogP contribution in [0.3, 0.4) is 0 Å². The lowest BCUT2D eigenvalue weighted by Crippen LogP contribution is -2.44. The van der Waals surface area contributed by atoms with Gasteiger partial charge in [-0.15, -0.1) is 0 Å². The number of hydrogen-bond acceptors (Lipinski definition) is 2. The largest absolute Gasteiger partial charge is 0.493 e. The third-order valence-corrected chi connectivity index (χ3v) is 4.68. The highest BCUT2D eigenvalue weighted by molar-refractivity contribution is 6.01. The third-order valence-electron chi connectivity index (χ3n) is 4.68. The van der Waals surface area contributed by atoms with Crippen molar-refractivity contribution in [2.75, 3.05) is 11.9 Å². The van der Waals surface area contributed by atoms with Crippen LogP contribution in [0.5, 0.6) is 5.75 Å². The topological polar surface area (TPSA) is 66.2 Å². The summed E-state index contributed by atoms with van der Waals surface area (Å²) in [6.07, 6.45) is -7.15. The summed E-state index contributed by atoms with van der Waals surface area (Å²) in [6.45, 7) is 1.02. The second-order valence-electron chi connectivity index (χ2n) is 7.06. The number of fused-ring (bicyclic) bond motifs is 1. The van der Waals surface area contributed by atoms with E-state index in [2.05, 4.69) is 10.3 Å². The molecule has 1 heterocycles. The van der Waals surface area contributed by atoms with E-state index >= 15 is 0 Å². The van der Waals surface area contributed by atoms with Crippen molar-refractivity contribution >= 4 is 22.6 Å². The zero-order valence-corrected chi connectivity index (χ0v) is 16.7. The van der Waals surface area contributed by atoms with E-state index in [1.807, 2.05) is 5.32 Å².